The minimum absolute atomic E-state index is 0.267. The van der Waals surface area contributed by atoms with E-state index in [0.717, 1.165) is 16.7 Å². The molecule has 0 atom stereocenters. The van der Waals surface area contributed by atoms with Crippen LogP contribution >= 0.6 is 0 Å². The highest BCUT2D eigenvalue weighted by atomic mass is 16.5. The van der Waals surface area contributed by atoms with E-state index >= 15 is 0 Å². The number of rotatable bonds is 3. The van der Waals surface area contributed by atoms with E-state index < -0.39 is 0 Å². The number of carbonyl (C=O) groups excluding carboxylic acids is 1. The summed E-state index contributed by atoms with van der Waals surface area (Å²) < 4.78 is 6.97. The van der Waals surface area contributed by atoms with Gasteiger partial charge in [-0.15, -0.1) is 0 Å². The second-order valence-corrected chi connectivity index (χ2v) is 4.29. The van der Waals surface area contributed by atoms with Crippen LogP contribution in [0.25, 0.3) is 11.1 Å². The number of esters is 1. The van der Waals surface area contributed by atoms with Crippen LogP contribution in [0.5, 0.6) is 0 Å². The number of benzene rings is 1. The Labute approximate surface area is 107 Å². The van der Waals surface area contributed by atoms with Crippen molar-refractivity contribution in [2.75, 3.05) is 6.61 Å². The fourth-order valence-electron chi connectivity index (χ4n) is 2.04. The smallest absolute Gasteiger partial charge is 0.340 e. The average molecular weight is 243 g/mol. The van der Waals surface area contributed by atoms with Crippen LogP contribution < -0.4 is 0 Å². The minimum Gasteiger partial charge on any atom is -0.462 e. The molecule has 3 heteroatoms. The van der Waals surface area contributed by atoms with Crippen LogP contribution in [0.3, 0.4) is 0 Å². The van der Waals surface area contributed by atoms with Crippen LogP contribution in [0.1, 0.15) is 22.8 Å². The third-order valence-electron chi connectivity index (χ3n) is 2.89. The summed E-state index contributed by atoms with van der Waals surface area (Å²) in [6.45, 7) is 4.24. The zero-order chi connectivity index (χ0) is 13.1. The summed E-state index contributed by atoms with van der Waals surface area (Å²) in [6.07, 6.45) is 3.76. The zero-order valence-electron chi connectivity index (χ0n) is 10.9. The first kappa shape index (κ1) is 12.4. The lowest BCUT2D eigenvalue weighted by Gasteiger charge is -2.06. The van der Waals surface area contributed by atoms with Crippen LogP contribution in [0.15, 0.2) is 36.7 Å². The Morgan fingerprint density at radius 2 is 1.94 bits per heavy atom. The molecule has 0 aliphatic heterocycles. The molecule has 0 saturated heterocycles. The van der Waals surface area contributed by atoms with E-state index in [-0.39, 0.29) is 5.97 Å². The third kappa shape index (κ3) is 2.30. The first-order valence-corrected chi connectivity index (χ1v) is 6.02. The molecule has 0 unspecified atom stereocenters. The summed E-state index contributed by atoms with van der Waals surface area (Å²) in [5.74, 6) is -0.267. The highest BCUT2D eigenvalue weighted by Gasteiger charge is 2.17. The monoisotopic (exact) mass is 243 g/mol. The number of hydrogen-bond acceptors (Lipinski definition) is 2. The van der Waals surface area contributed by atoms with Crippen molar-refractivity contribution in [1.82, 2.24) is 4.57 Å². The maximum absolute atomic E-state index is 11.9. The Kier molecular flexibility index (Phi) is 3.51. The van der Waals surface area contributed by atoms with Crippen molar-refractivity contribution in [3.05, 3.63) is 47.8 Å². The Morgan fingerprint density at radius 1 is 1.22 bits per heavy atom. The van der Waals surface area contributed by atoms with Crippen molar-refractivity contribution in [2.24, 2.45) is 7.05 Å². The van der Waals surface area contributed by atoms with Crippen molar-refractivity contribution < 1.29 is 9.53 Å². The van der Waals surface area contributed by atoms with Gasteiger partial charge in [0.2, 0.25) is 0 Å². The predicted octanol–water partition coefficient (Wildman–Crippen LogP) is 3.18. The summed E-state index contributed by atoms with van der Waals surface area (Å²) in [6, 6.07) is 8.03. The van der Waals surface area contributed by atoms with Crippen molar-refractivity contribution in [3.8, 4) is 11.1 Å². The van der Waals surface area contributed by atoms with Gasteiger partial charge >= 0.3 is 5.97 Å². The van der Waals surface area contributed by atoms with Crippen LogP contribution in [-0.4, -0.2) is 17.1 Å². The quantitative estimate of drug-likeness (QED) is 0.775. The van der Waals surface area contributed by atoms with Gasteiger partial charge in [-0.25, -0.2) is 4.79 Å². The Hall–Kier alpha value is -2.03. The number of aryl methyl sites for hydroxylation is 2. The summed E-state index contributed by atoms with van der Waals surface area (Å²) in [5.41, 5.74) is 3.76. The van der Waals surface area contributed by atoms with E-state index in [1.807, 2.05) is 55.9 Å². The molecule has 1 aromatic heterocycles. The number of ether oxygens (including phenoxy) is 1. The molecule has 0 amide bonds. The lowest BCUT2D eigenvalue weighted by Crippen LogP contribution is -2.05. The molecule has 0 fully saturated rings. The van der Waals surface area contributed by atoms with Crippen molar-refractivity contribution in [2.45, 2.75) is 13.8 Å². The molecule has 94 valence electrons. The highest BCUT2D eigenvalue weighted by Crippen LogP contribution is 2.27. The first-order chi connectivity index (χ1) is 8.63. The molecule has 0 spiro atoms. The molecule has 0 bridgehead atoms. The zero-order valence-corrected chi connectivity index (χ0v) is 10.9. The molecule has 2 rings (SSSR count). The molecule has 0 aliphatic carbocycles. The summed E-state index contributed by atoms with van der Waals surface area (Å²) in [4.78, 5) is 11.9. The number of aromatic nitrogens is 1. The molecule has 18 heavy (non-hydrogen) atoms. The topological polar surface area (TPSA) is 31.2 Å². The van der Waals surface area contributed by atoms with Crippen molar-refractivity contribution >= 4 is 5.97 Å². The summed E-state index contributed by atoms with van der Waals surface area (Å²) in [7, 11) is 1.91. The number of hydrogen-bond donors (Lipinski definition) is 0. The third-order valence-corrected chi connectivity index (χ3v) is 2.89. The molecular formula is C15H17NO2. The van der Waals surface area contributed by atoms with Gasteiger partial charge in [-0.1, -0.05) is 24.3 Å². The molecule has 1 heterocycles. The Morgan fingerprint density at radius 3 is 2.61 bits per heavy atom. The minimum atomic E-state index is -0.267. The van der Waals surface area contributed by atoms with Gasteiger partial charge in [0.05, 0.1) is 12.2 Å². The van der Waals surface area contributed by atoms with E-state index in [4.69, 9.17) is 4.74 Å². The van der Waals surface area contributed by atoms with Crippen LogP contribution in [0, 0.1) is 6.92 Å². The lowest BCUT2D eigenvalue weighted by atomic mass is 10.00. The maximum atomic E-state index is 11.9. The molecular weight excluding hydrogens is 226 g/mol. The number of nitrogens with zero attached hydrogens (tertiary/aromatic N) is 1. The Balaban J connectivity index is 2.51. The highest BCUT2D eigenvalue weighted by molar-refractivity contribution is 5.97. The van der Waals surface area contributed by atoms with E-state index in [1.54, 1.807) is 6.20 Å². The molecule has 0 N–H and O–H groups in total. The second kappa shape index (κ2) is 5.08. The molecule has 0 saturated carbocycles. The van der Waals surface area contributed by atoms with Gasteiger partial charge in [0, 0.05) is 25.0 Å². The van der Waals surface area contributed by atoms with Gasteiger partial charge in [0.15, 0.2) is 0 Å². The average Bonchev–Trinajstić information content (AvgIpc) is 2.72. The van der Waals surface area contributed by atoms with Crippen LogP contribution in [0.2, 0.25) is 0 Å². The molecule has 0 radical (unpaired) electrons. The van der Waals surface area contributed by atoms with Crippen LogP contribution in [-0.2, 0) is 11.8 Å². The first-order valence-electron chi connectivity index (χ1n) is 6.02. The molecule has 2 aromatic rings. The molecule has 0 aliphatic rings. The number of carbonyl (C=O) groups is 1. The summed E-state index contributed by atoms with van der Waals surface area (Å²) >= 11 is 0. The van der Waals surface area contributed by atoms with Gasteiger partial charge < -0.3 is 9.30 Å². The Bertz CT molecular complexity index is 570. The largest absolute Gasteiger partial charge is 0.462 e. The van der Waals surface area contributed by atoms with Crippen molar-refractivity contribution in [1.29, 1.82) is 0 Å². The normalized spacial score (nSPS) is 10.4. The second-order valence-electron chi connectivity index (χ2n) is 4.29. The van der Waals surface area contributed by atoms with Crippen LogP contribution in [0.4, 0.5) is 0 Å². The SMILES string of the molecule is CCOC(=O)c1cn(C)cc1-c1ccccc1C. The van der Waals surface area contributed by atoms with Crippen molar-refractivity contribution in [3.63, 3.8) is 0 Å². The van der Waals surface area contributed by atoms with E-state index in [9.17, 15) is 4.79 Å². The standard InChI is InChI=1S/C15H17NO2/c1-4-18-15(17)14-10-16(3)9-13(14)12-8-6-5-7-11(12)2/h5-10H,4H2,1-3H3. The predicted molar refractivity (Wildman–Crippen MR) is 71.5 cm³/mol. The fraction of sp³-hybridized carbons (Fsp3) is 0.267. The fourth-order valence-corrected chi connectivity index (χ4v) is 2.04. The lowest BCUT2D eigenvalue weighted by molar-refractivity contribution is 0.0527. The van der Waals surface area contributed by atoms with Gasteiger partial charge in [0.25, 0.3) is 0 Å². The van der Waals surface area contributed by atoms with E-state index in [1.165, 1.54) is 0 Å². The maximum Gasteiger partial charge on any atom is 0.340 e. The summed E-state index contributed by atoms with van der Waals surface area (Å²) in [5, 5.41) is 0. The molecule has 3 nitrogen and oxygen atoms in total. The van der Waals surface area contributed by atoms with E-state index in [2.05, 4.69) is 0 Å². The molecule has 1 aromatic carbocycles. The van der Waals surface area contributed by atoms with Gasteiger partial charge in [-0.05, 0) is 25.0 Å². The van der Waals surface area contributed by atoms with Gasteiger partial charge in [-0.3, -0.25) is 0 Å². The van der Waals surface area contributed by atoms with Gasteiger partial charge in [-0.2, -0.15) is 0 Å². The van der Waals surface area contributed by atoms with Gasteiger partial charge in [0.1, 0.15) is 0 Å². The van der Waals surface area contributed by atoms with E-state index in [0.29, 0.717) is 12.2 Å².